The van der Waals surface area contributed by atoms with Gasteiger partial charge in [-0.3, -0.25) is 14.5 Å². The molecular formula is C28H24F3NO4. The summed E-state index contributed by atoms with van der Waals surface area (Å²) >= 11 is 0. The molecule has 0 aromatic heterocycles. The topological polar surface area (TPSA) is 66.8 Å². The number of benzene rings is 3. The van der Waals surface area contributed by atoms with Crippen LogP contribution in [0.3, 0.4) is 0 Å². The van der Waals surface area contributed by atoms with Gasteiger partial charge in [0.25, 0.3) is 11.7 Å². The zero-order valence-electron chi connectivity index (χ0n) is 19.9. The molecule has 1 aliphatic rings. The molecule has 1 heterocycles. The molecule has 3 aromatic rings. The second-order valence-electron chi connectivity index (χ2n) is 8.66. The van der Waals surface area contributed by atoms with Gasteiger partial charge in [0.1, 0.15) is 29.0 Å². The molecule has 186 valence electrons. The summed E-state index contributed by atoms with van der Waals surface area (Å²) in [5.74, 6) is -4.42. The van der Waals surface area contributed by atoms with Crippen molar-refractivity contribution in [2.75, 3.05) is 11.5 Å². The largest absolute Gasteiger partial charge is 0.507 e. The normalized spacial score (nSPS) is 17.2. The van der Waals surface area contributed by atoms with Gasteiger partial charge in [0.2, 0.25) is 0 Å². The lowest BCUT2D eigenvalue weighted by Crippen LogP contribution is -2.30. The van der Waals surface area contributed by atoms with Crippen molar-refractivity contribution in [2.45, 2.75) is 32.7 Å². The van der Waals surface area contributed by atoms with Crippen LogP contribution in [0.15, 0.2) is 66.2 Å². The molecule has 1 amide bonds. The molecule has 5 nitrogen and oxygen atoms in total. The molecule has 1 unspecified atom stereocenters. The first-order valence-corrected chi connectivity index (χ1v) is 11.4. The molecule has 1 fully saturated rings. The molecule has 1 saturated heterocycles. The van der Waals surface area contributed by atoms with Gasteiger partial charge in [-0.15, -0.1) is 0 Å². The minimum Gasteiger partial charge on any atom is -0.507 e. The van der Waals surface area contributed by atoms with E-state index in [0.29, 0.717) is 12.4 Å². The standard InChI is InChI=1S/C28H24F3NO4/c1-4-36-23-12-7-17(13-20(23)15(2)3)26(33)24-25(16-5-8-18(29)9-6-16)32(28(35)27(24)34)22-14-19(30)10-11-21(22)31/h5-15,25,33H,4H2,1-3H3/b26-24-. The van der Waals surface area contributed by atoms with Crippen LogP contribution in [-0.4, -0.2) is 23.4 Å². The molecule has 0 bridgehead atoms. The third kappa shape index (κ3) is 4.46. The Bertz CT molecular complexity index is 1370. The van der Waals surface area contributed by atoms with E-state index in [1.807, 2.05) is 20.8 Å². The molecular weight excluding hydrogens is 471 g/mol. The van der Waals surface area contributed by atoms with Gasteiger partial charge < -0.3 is 9.84 Å². The smallest absolute Gasteiger partial charge is 0.300 e. The molecule has 0 aliphatic carbocycles. The fourth-order valence-electron chi connectivity index (χ4n) is 4.30. The lowest BCUT2D eigenvalue weighted by atomic mass is 9.93. The van der Waals surface area contributed by atoms with Gasteiger partial charge in [-0.2, -0.15) is 0 Å². The monoisotopic (exact) mass is 495 g/mol. The van der Waals surface area contributed by atoms with Crippen molar-refractivity contribution in [3.05, 3.63) is 100 Å². The first kappa shape index (κ1) is 25.0. The number of Topliss-reactive ketones (excluding diaryl/α,β-unsaturated/α-hetero) is 1. The Hall–Kier alpha value is -4.07. The van der Waals surface area contributed by atoms with Crippen molar-refractivity contribution < 1.29 is 32.6 Å². The first-order valence-electron chi connectivity index (χ1n) is 11.4. The first-order chi connectivity index (χ1) is 17.1. The van der Waals surface area contributed by atoms with Crippen LogP contribution in [0.1, 0.15) is 49.4 Å². The van der Waals surface area contributed by atoms with E-state index in [1.165, 1.54) is 12.1 Å². The number of anilines is 1. The maximum absolute atomic E-state index is 14.8. The van der Waals surface area contributed by atoms with Crippen LogP contribution < -0.4 is 9.64 Å². The highest BCUT2D eigenvalue weighted by Gasteiger charge is 2.48. The molecule has 0 saturated carbocycles. The molecule has 1 aliphatic heterocycles. The van der Waals surface area contributed by atoms with E-state index in [2.05, 4.69) is 0 Å². The Balaban J connectivity index is 1.96. The van der Waals surface area contributed by atoms with E-state index < -0.39 is 46.6 Å². The summed E-state index contributed by atoms with van der Waals surface area (Å²) in [6.45, 7) is 6.14. The average Bonchev–Trinajstić information content (AvgIpc) is 3.11. The molecule has 4 rings (SSSR count). The predicted molar refractivity (Wildman–Crippen MR) is 129 cm³/mol. The van der Waals surface area contributed by atoms with E-state index >= 15 is 0 Å². The highest BCUT2D eigenvalue weighted by atomic mass is 19.1. The zero-order valence-corrected chi connectivity index (χ0v) is 19.9. The summed E-state index contributed by atoms with van der Waals surface area (Å²) in [7, 11) is 0. The minimum absolute atomic E-state index is 0.0102. The van der Waals surface area contributed by atoms with Crippen molar-refractivity contribution in [3.63, 3.8) is 0 Å². The minimum atomic E-state index is -1.32. The van der Waals surface area contributed by atoms with Crippen molar-refractivity contribution >= 4 is 23.1 Å². The van der Waals surface area contributed by atoms with Crippen LogP contribution in [-0.2, 0) is 9.59 Å². The second-order valence-corrected chi connectivity index (χ2v) is 8.66. The molecule has 0 radical (unpaired) electrons. The van der Waals surface area contributed by atoms with Crippen LogP contribution in [0.25, 0.3) is 5.76 Å². The van der Waals surface area contributed by atoms with Crippen LogP contribution in [0, 0.1) is 17.5 Å². The Kier molecular flexibility index (Phi) is 6.88. The molecule has 0 spiro atoms. The molecule has 1 N–H and O–H groups in total. The van der Waals surface area contributed by atoms with Gasteiger partial charge in [-0.05, 0) is 66.4 Å². The fourth-order valence-corrected chi connectivity index (χ4v) is 4.30. The highest BCUT2D eigenvalue weighted by molar-refractivity contribution is 6.51. The molecule has 8 heteroatoms. The van der Waals surface area contributed by atoms with E-state index in [9.17, 15) is 27.9 Å². The quantitative estimate of drug-likeness (QED) is 0.249. The lowest BCUT2D eigenvalue weighted by molar-refractivity contribution is -0.132. The number of nitrogens with zero attached hydrogens (tertiary/aromatic N) is 1. The van der Waals surface area contributed by atoms with Crippen LogP contribution in [0.4, 0.5) is 18.9 Å². The summed E-state index contributed by atoms with van der Waals surface area (Å²) < 4.78 is 48.1. The Morgan fingerprint density at radius 1 is 0.972 bits per heavy atom. The number of halogens is 3. The molecule has 3 aromatic carbocycles. The maximum Gasteiger partial charge on any atom is 0.300 e. The van der Waals surface area contributed by atoms with E-state index in [0.717, 1.165) is 40.8 Å². The highest BCUT2D eigenvalue weighted by Crippen LogP contribution is 2.43. The number of carbonyl (C=O) groups excluding carboxylic acids is 2. The van der Waals surface area contributed by atoms with Gasteiger partial charge >= 0.3 is 0 Å². The van der Waals surface area contributed by atoms with Crippen molar-refractivity contribution in [2.24, 2.45) is 0 Å². The number of rotatable bonds is 6. The number of aliphatic hydroxyl groups is 1. The summed E-state index contributed by atoms with van der Waals surface area (Å²) in [6, 6.07) is 10.9. The van der Waals surface area contributed by atoms with Gasteiger partial charge in [0, 0.05) is 11.6 Å². The van der Waals surface area contributed by atoms with Crippen molar-refractivity contribution in [3.8, 4) is 5.75 Å². The van der Waals surface area contributed by atoms with E-state index in [1.54, 1.807) is 18.2 Å². The summed E-state index contributed by atoms with van der Waals surface area (Å²) in [4.78, 5) is 27.1. The zero-order chi connectivity index (χ0) is 26.1. The van der Waals surface area contributed by atoms with Crippen molar-refractivity contribution in [1.82, 2.24) is 0 Å². The second kappa shape index (κ2) is 9.89. The Morgan fingerprint density at radius 3 is 2.28 bits per heavy atom. The number of carbonyl (C=O) groups is 2. The number of aliphatic hydroxyl groups excluding tert-OH is 1. The predicted octanol–water partition coefficient (Wildman–Crippen LogP) is 6.25. The van der Waals surface area contributed by atoms with Crippen LogP contribution >= 0.6 is 0 Å². The SMILES string of the molecule is CCOc1ccc(/C(O)=C2/C(=O)C(=O)N(c3cc(F)ccc3F)C2c2ccc(F)cc2)cc1C(C)C. The summed E-state index contributed by atoms with van der Waals surface area (Å²) in [6.07, 6.45) is 0. The molecule has 36 heavy (non-hydrogen) atoms. The molecule has 1 atom stereocenters. The Labute approximate surface area is 206 Å². The van der Waals surface area contributed by atoms with Gasteiger partial charge in [0.15, 0.2) is 0 Å². The van der Waals surface area contributed by atoms with Gasteiger partial charge in [-0.1, -0.05) is 26.0 Å². The summed E-state index contributed by atoms with van der Waals surface area (Å²) in [5, 5.41) is 11.3. The van der Waals surface area contributed by atoms with Crippen LogP contribution in [0.5, 0.6) is 5.75 Å². The van der Waals surface area contributed by atoms with Crippen LogP contribution in [0.2, 0.25) is 0 Å². The lowest BCUT2D eigenvalue weighted by Gasteiger charge is -2.26. The Morgan fingerprint density at radius 2 is 1.64 bits per heavy atom. The van der Waals surface area contributed by atoms with Gasteiger partial charge in [-0.25, -0.2) is 13.2 Å². The third-order valence-electron chi connectivity index (χ3n) is 6.00. The van der Waals surface area contributed by atoms with Crippen molar-refractivity contribution in [1.29, 1.82) is 0 Å². The van der Waals surface area contributed by atoms with E-state index in [-0.39, 0.29) is 22.6 Å². The number of ether oxygens (including phenoxy) is 1. The number of ketones is 1. The maximum atomic E-state index is 14.8. The third-order valence-corrected chi connectivity index (χ3v) is 6.00. The number of amides is 1. The summed E-state index contributed by atoms with van der Waals surface area (Å²) in [5.41, 5.74) is 0.446. The van der Waals surface area contributed by atoms with E-state index in [4.69, 9.17) is 4.74 Å². The number of hydrogen-bond donors (Lipinski definition) is 1. The fraction of sp³-hybridized carbons (Fsp3) is 0.214. The van der Waals surface area contributed by atoms with Gasteiger partial charge in [0.05, 0.1) is 23.9 Å². The average molecular weight is 495 g/mol. The number of hydrogen-bond acceptors (Lipinski definition) is 4.